The van der Waals surface area contributed by atoms with Crippen molar-refractivity contribution in [2.45, 2.75) is 6.54 Å². The van der Waals surface area contributed by atoms with Crippen molar-refractivity contribution in [3.05, 3.63) is 38.3 Å². The lowest BCUT2D eigenvalue weighted by Gasteiger charge is -2.01. The number of thiophene rings is 1. The maximum Gasteiger partial charge on any atom is 0.289 e. The van der Waals surface area contributed by atoms with Crippen LogP contribution in [0.5, 0.6) is 11.5 Å². The number of carbonyl (C=O) groups excluding carboxylic acids is 1. The van der Waals surface area contributed by atoms with Crippen molar-refractivity contribution in [3.8, 4) is 23.8 Å². The molecular formula is C16H9ClN2O3S2. The van der Waals surface area contributed by atoms with Gasteiger partial charge in [-0.1, -0.05) is 28.9 Å². The molecule has 8 heteroatoms. The van der Waals surface area contributed by atoms with E-state index in [1.54, 1.807) is 12.1 Å². The molecule has 3 aromatic rings. The van der Waals surface area contributed by atoms with Gasteiger partial charge in [0.25, 0.3) is 5.91 Å². The molecule has 5 nitrogen and oxygen atoms in total. The van der Waals surface area contributed by atoms with Gasteiger partial charge in [0.05, 0.1) is 26.0 Å². The number of terminal acetylenes is 1. The second-order valence-corrected chi connectivity index (χ2v) is 7.59. The smallest absolute Gasteiger partial charge is 0.289 e. The number of halogens is 1. The van der Waals surface area contributed by atoms with Crippen LogP contribution in [0.15, 0.2) is 29.3 Å². The van der Waals surface area contributed by atoms with Gasteiger partial charge in [-0.2, -0.15) is 4.99 Å². The highest BCUT2D eigenvalue weighted by atomic mass is 35.5. The monoisotopic (exact) mass is 376 g/mol. The van der Waals surface area contributed by atoms with Gasteiger partial charge in [-0.3, -0.25) is 4.79 Å². The minimum absolute atomic E-state index is 0.205. The number of rotatable bonds is 2. The van der Waals surface area contributed by atoms with Crippen molar-refractivity contribution < 1.29 is 14.3 Å². The third-order valence-corrected chi connectivity index (χ3v) is 5.67. The maximum atomic E-state index is 12.3. The molecule has 1 aliphatic rings. The molecule has 2 aromatic heterocycles. The Morgan fingerprint density at radius 2 is 2.12 bits per heavy atom. The molecule has 1 amide bonds. The van der Waals surface area contributed by atoms with E-state index in [1.165, 1.54) is 22.7 Å². The van der Waals surface area contributed by atoms with Gasteiger partial charge in [-0.25, -0.2) is 0 Å². The van der Waals surface area contributed by atoms with Crippen molar-refractivity contribution in [1.29, 1.82) is 0 Å². The molecule has 0 aliphatic carbocycles. The predicted octanol–water partition coefficient (Wildman–Crippen LogP) is 3.52. The van der Waals surface area contributed by atoms with E-state index in [9.17, 15) is 4.79 Å². The first-order chi connectivity index (χ1) is 11.7. The normalized spacial score (nSPS) is 13.4. The Morgan fingerprint density at radius 3 is 2.83 bits per heavy atom. The van der Waals surface area contributed by atoms with E-state index >= 15 is 0 Å². The fourth-order valence-electron chi connectivity index (χ4n) is 2.36. The van der Waals surface area contributed by atoms with Crippen molar-refractivity contribution in [3.63, 3.8) is 0 Å². The molecule has 24 heavy (non-hydrogen) atoms. The van der Waals surface area contributed by atoms with Gasteiger partial charge in [0.2, 0.25) is 6.79 Å². The zero-order valence-electron chi connectivity index (χ0n) is 12.1. The topological polar surface area (TPSA) is 52.8 Å². The third kappa shape index (κ3) is 2.59. The zero-order valence-corrected chi connectivity index (χ0v) is 14.5. The van der Waals surface area contributed by atoms with Gasteiger partial charge in [-0.15, -0.1) is 17.8 Å². The van der Waals surface area contributed by atoms with Gasteiger partial charge < -0.3 is 14.0 Å². The standard InChI is InChI=1S/C16H9ClN2O3S2/c1-2-5-19-9-6-10-11(22-8-21-10)7-13(9)24-16(19)18-15(20)12-3-4-14(17)23-12/h1,3-4,6-7H,5,8H2. The van der Waals surface area contributed by atoms with E-state index in [0.29, 0.717) is 32.1 Å². The van der Waals surface area contributed by atoms with Crippen LogP contribution in [0.4, 0.5) is 0 Å². The number of thiazole rings is 1. The average Bonchev–Trinajstić information content (AvgIpc) is 3.25. The number of amides is 1. The minimum Gasteiger partial charge on any atom is -0.454 e. The number of carbonyl (C=O) groups is 1. The van der Waals surface area contributed by atoms with Crippen molar-refractivity contribution >= 4 is 50.4 Å². The highest BCUT2D eigenvalue weighted by Gasteiger charge is 2.18. The first-order valence-corrected chi connectivity index (χ1v) is 8.87. The first kappa shape index (κ1) is 15.3. The van der Waals surface area contributed by atoms with Crippen molar-refractivity contribution in [1.82, 2.24) is 4.57 Å². The molecule has 1 aromatic carbocycles. The van der Waals surface area contributed by atoms with Crippen LogP contribution >= 0.6 is 34.3 Å². The second-order valence-electron chi connectivity index (χ2n) is 4.87. The Bertz CT molecular complexity index is 1070. The Kier molecular flexibility index (Phi) is 3.81. The number of aromatic nitrogens is 1. The van der Waals surface area contributed by atoms with E-state index < -0.39 is 0 Å². The summed E-state index contributed by atoms with van der Waals surface area (Å²) in [4.78, 5) is 17.6. The lowest BCUT2D eigenvalue weighted by Crippen LogP contribution is -2.16. The van der Waals surface area contributed by atoms with E-state index in [-0.39, 0.29) is 12.7 Å². The minimum atomic E-state index is -0.343. The second kappa shape index (κ2) is 5.98. The maximum absolute atomic E-state index is 12.3. The molecule has 120 valence electrons. The molecule has 1 aliphatic heterocycles. The molecule has 0 unspecified atom stereocenters. The molecule has 0 saturated heterocycles. The van der Waals surface area contributed by atoms with Crippen molar-refractivity contribution in [2.24, 2.45) is 4.99 Å². The molecule has 0 N–H and O–H groups in total. The van der Waals surface area contributed by atoms with Gasteiger partial charge in [-0.05, 0) is 12.1 Å². The summed E-state index contributed by atoms with van der Waals surface area (Å²) in [6.07, 6.45) is 5.47. The fourth-order valence-corrected chi connectivity index (χ4v) is 4.33. The van der Waals surface area contributed by atoms with E-state index in [0.717, 1.165) is 10.2 Å². The number of fused-ring (bicyclic) bond motifs is 2. The Morgan fingerprint density at radius 1 is 1.33 bits per heavy atom. The Hall–Kier alpha value is -2.27. The van der Waals surface area contributed by atoms with E-state index in [4.69, 9.17) is 27.5 Å². The summed E-state index contributed by atoms with van der Waals surface area (Å²) in [7, 11) is 0. The number of nitrogens with zero attached hydrogens (tertiary/aromatic N) is 2. The molecule has 0 bridgehead atoms. The van der Waals surface area contributed by atoms with Crippen LogP contribution in [-0.4, -0.2) is 17.3 Å². The van der Waals surface area contributed by atoms with Crippen molar-refractivity contribution in [2.75, 3.05) is 6.79 Å². The number of hydrogen-bond donors (Lipinski definition) is 0. The predicted molar refractivity (Wildman–Crippen MR) is 94.0 cm³/mol. The van der Waals surface area contributed by atoms with Crippen LogP contribution < -0.4 is 14.3 Å². The first-order valence-electron chi connectivity index (χ1n) is 6.86. The summed E-state index contributed by atoms with van der Waals surface area (Å²) in [5.74, 6) is 3.59. The molecular weight excluding hydrogens is 368 g/mol. The quantitative estimate of drug-likeness (QED) is 0.643. The third-order valence-electron chi connectivity index (χ3n) is 3.41. The molecule has 0 spiro atoms. The number of hydrogen-bond acceptors (Lipinski definition) is 5. The van der Waals surface area contributed by atoms with Gasteiger partial charge in [0.1, 0.15) is 0 Å². The van der Waals surface area contributed by atoms with Crippen LogP contribution in [-0.2, 0) is 6.54 Å². The van der Waals surface area contributed by atoms with Crippen LogP contribution in [0, 0.1) is 12.3 Å². The van der Waals surface area contributed by atoms with Crippen LogP contribution in [0.2, 0.25) is 4.34 Å². The summed E-state index contributed by atoms with van der Waals surface area (Å²) >= 11 is 8.45. The summed E-state index contributed by atoms with van der Waals surface area (Å²) in [6.45, 7) is 0.507. The summed E-state index contributed by atoms with van der Waals surface area (Å²) in [5, 5.41) is 0. The van der Waals surface area contributed by atoms with Gasteiger partial charge in [0, 0.05) is 12.1 Å². The fraction of sp³-hybridized carbons (Fsp3) is 0.125. The largest absolute Gasteiger partial charge is 0.454 e. The molecule has 0 radical (unpaired) electrons. The highest BCUT2D eigenvalue weighted by molar-refractivity contribution is 7.18. The van der Waals surface area contributed by atoms with Crippen LogP contribution in [0.1, 0.15) is 9.67 Å². The summed E-state index contributed by atoms with van der Waals surface area (Å²) in [6, 6.07) is 7.07. The lowest BCUT2D eigenvalue weighted by molar-refractivity contribution is 0.100. The number of benzene rings is 1. The lowest BCUT2D eigenvalue weighted by atomic mass is 10.3. The molecule has 0 saturated carbocycles. The SMILES string of the molecule is C#CCn1c(=NC(=O)c2ccc(Cl)s2)sc2cc3c(cc21)OCO3. The Labute approximate surface area is 149 Å². The summed E-state index contributed by atoms with van der Waals surface area (Å²) < 4.78 is 14.1. The van der Waals surface area contributed by atoms with Gasteiger partial charge in [0.15, 0.2) is 16.3 Å². The Balaban J connectivity index is 1.88. The van der Waals surface area contributed by atoms with Gasteiger partial charge >= 0.3 is 0 Å². The summed E-state index contributed by atoms with van der Waals surface area (Å²) in [5.41, 5.74) is 0.859. The molecule has 3 heterocycles. The van der Waals surface area contributed by atoms with E-state index in [2.05, 4.69) is 10.9 Å². The number of ether oxygens (including phenoxy) is 2. The van der Waals surface area contributed by atoms with Crippen LogP contribution in [0.25, 0.3) is 10.2 Å². The zero-order chi connectivity index (χ0) is 16.7. The van der Waals surface area contributed by atoms with E-state index in [1.807, 2.05) is 16.7 Å². The van der Waals surface area contributed by atoms with Crippen LogP contribution in [0.3, 0.4) is 0 Å². The molecule has 0 atom stereocenters. The molecule has 0 fully saturated rings. The highest BCUT2D eigenvalue weighted by Crippen LogP contribution is 2.37. The average molecular weight is 377 g/mol. The molecule has 4 rings (SSSR count).